The van der Waals surface area contributed by atoms with Crippen LogP contribution in [0.1, 0.15) is 25.7 Å². The van der Waals surface area contributed by atoms with Gasteiger partial charge >= 0.3 is 6.03 Å². The van der Waals surface area contributed by atoms with Crippen LogP contribution in [0.5, 0.6) is 0 Å². The summed E-state index contributed by atoms with van der Waals surface area (Å²) >= 11 is 6.27. The summed E-state index contributed by atoms with van der Waals surface area (Å²) in [5, 5.41) is 5.74. The molecule has 1 unspecified atom stereocenters. The number of carbonyl (C=O) groups is 1. The number of nitrogens with zero attached hydrogens (tertiary/aromatic N) is 2. The average molecular weight is 358 g/mol. The molecule has 0 bridgehead atoms. The molecule has 2 fully saturated rings. The topological polar surface area (TPSA) is 35.6 Å². The maximum absolute atomic E-state index is 12.7. The molecule has 2 heterocycles. The normalized spacial score (nSPS) is 21.6. The Labute approximate surface area is 153 Å². The van der Waals surface area contributed by atoms with E-state index in [1.54, 1.807) is 0 Å². The average Bonchev–Trinajstić information content (AvgIpc) is 3.15. The van der Waals surface area contributed by atoms with Crippen molar-refractivity contribution in [3.63, 3.8) is 0 Å². The molecule has 2 aromatic rings. The Bertz CT molecular complexity index is 773. The predicted octanol–water partition coefficient (Wildman–Crippen LogP) is 4.59. The summed E-state index contributed by atoms with van der Waals surface area (Å²) in [5.74, 6) is 0. The van der Waals surface area contributed by atoms with Crippen molar-refractivity contribution in [3.05, 3.63) is 41.4 Å². The maximum atomic E-state index is 12.7. The highest BCUT2D eigenvalue weighted by molar-refractivity contribution is 6.36. The van der Waals surface area contributed by atoms with E-state index in [1.807, 2.05) is 41.3 Å². The van der Waals surface area contributed by atoms with Gasteiger partial charge in [-0.25, -0.2) is 4.79 Å². The Morgan fingerprint density at radius 3 is 2.56 bits per heavy atom. The number of likely N-dealkylation sites (tertiary alicyclic amines) is 2. The van der Waals surface area contributed by atoms with Gasteiger partial charge in [0, 0.05) is 34.9 Å². The van der Waals surface area contributed by atoms with Gasteiger partial charge in [-0.05, 0) is 44.5 Å². The highest BCUT2D eigenvalue weighted by atomic mass is 35.5. The number of nitrogens with one attached hydrogen (secondary N) is 1. The van der Waals surface area contributed by atoms with Crippen LogP contribution in [0.4, 0.5) is 10.5 Å². The van der Waals surface area contributed by atoms with Crippen LogP contribution in [-0.4, -0.2) is 48.1 Å². The lowest BCUT2D eigenvalue weighted by Crippen LogP contribution is -2.42. The van der Waals surface area contributed by atoms with Gasteiger partial charge < -0.3 is 10.2 Å². The van der Waals surface area contributed by atoms with Crippen LogP contribution in [-0.2, 0) is 0 Å². The third kappa shape index (κ3) is 3.46. The van der Waals surface area contributed by atoms with Crippen molar-refractivity contribution in [1.82, 2.24) is 9.80 Å². The van der Waals surface area contributed by atoms with Crippen LogP contribution < -0.4 is 5.32 Å². The van der Waals surface area contributed by atoms with Crippen LogP contribution >= 0.6 is 11.6 Å². The summed E-state index contributed by atoms with van der Waals surface area (Å²) in [6.07, 6.45) is 5.00. The number of benzene rings is 2. The number of fused-ring (bicyclic) bond motifs is 1. The van der Waals surface area contributed by atoms with Crippen molar-refractivity contribution >= 4 is 34.1 Å². The van der Waals surface area contributed by atoms with Gasteiger partial charge in [0.05, 0.1) is 5.69 Å². The number of hydrogen-bond acceptors (Lipinski definition) is 2. The first-order valence-corrected chi connectivity index (χ1v) is 9.57. The number of anilines is 1. The predicted molar refractivity (Wildman–Crippen MR) is 103 cm³/mol. The van der Waals surface area contributed by atoms with Gasteiger partial charge in [-0.1, -0.05) is 42.3 Å². The van der Waals surface area contributed by atoms with Crippen molar-refractivity contribution in [2.24, 2.45) is 0 Å². The summed E-state index contributed by atoms with van der Waals surface area (Å²) < 4.78 is 0. The van der Waals surface area contributed by atoms with E-state index in [0.29, 0.717) is 11.1 Å². The molecule has 2 aliphatic heterocycles. The number of carbonyl (C=O) groups excluding carboxylic acids is 1. The molecule has 1 N–H and O–H groups in total. The van der Waals surface area contributed by atoms with E-state index in [4.69, 9.17) is 11.6 Å². The Kier molecular flexibility index (Phi) is 4.82. The largest absolute Gasteiger partial charge is 0.323 e. The Hall–Kier alpha value is -1.78. The second-order valence-electron chi connectivity index (χ2n) is 7.06. The summed E-state index contributed by atoms with van der Waals surface area (Å²) in [6, 6.07) is 12.2. The summed E-state index contributed by atoms with van der Waals surface area (Å²) in [5.41, 5.74) is 0.825. The lowest BCUT2D eigenvalue weighted by molar-refractivity contribution is 0.164. The van der Waals surface area contributed by atoms with Crippen molar-refractivity contribution in [1.29, 1.82) is 0 Å². The van der Waals surface area contributed by atoms with E-state index in [-0.39, 0.29) is 6.03 Å². The quantitative estimate of drug-likeness (QED) is 0.853. The zero-order chi connectivity index (χ0) is 17.2. The second kappa shape index (κ2) is 7.22. The smallest absolute Gasteiger partial charge is 0.321 e. The molecule has 1 atom stereocenters. The fourth-order valence-electron chi connectivity index (χ4n) is 4.07. The maximum Gasteiger partial charge on any atom is 0.321 e. The number of piperidine rings is 1. The van der Waals surface area contributed by atoms with Crippen LogP contribution in [0.15, 0.2) is 36.4 Å². The molecule has 0 radical (unpaired) electrons. The minimum absolute atomic E-state index is 0.00742. The fourth-order valence-corrected chi connectivity index (χ4v) is 4.30. The molecule has 5 heteroatoms. The van der Waals surface area contributed by atoms with Gasteiger partial charge in [0.25, 0.3) is 0 Å². The highest BCUT2D eigenvalue weighted by Crippen LogP contribution is 2.30. The molecule has 0 aromatic heterocycles. The Balaban J connectivity index is 1.45. The molecular weight excluding hydrogens is 334 g/mol. The highest BCUT2D eigenvalue weighted by Gasteiger charge is 2.31. The molecule has 2 aromatic carbocycles. The zero-order valence-electron chi connectivity index (χ0n) is 14.4. The molecule has 4 rings (SSSR count). The van der Waals surface area contributed by atoms with E-state index in [1.165, 1.54) is 32.4 Å². The summed E-state index contributed by atoms with van der Waals surface area (Å²) in [4.78, 5) is 17.2. The van der Waals surface area contributed by atoms with Gasteiger partial charge in [0.15, 0.2) is 0 Å². The standard InChI is InChI=1S/C20H24ClN3O/c21-18-8-9-19(17-7-3-2-6-16(17)18)22-20(25)24-13-10-15(14-24)23-11-4-1-5-12-23/h2-3,6-9,15H,1,4-5,10-14H2,(H,22,25). The van der Waals surface area contributed by atoms with Crippen molar-refractivity contribution in [3.8, 4) is 0 Å². The third-order valence-electron chi connectivity index (χ3n) is 5.47. The van der Waals surface area contributed by atoms with Crippen LogP contribution in [0, 0.1) is 0 Å². The molecule has 0 saturated carbocycles. The van der Waals surface area contributed by atoms with Crippen LogP contribution in [0.25, 0.3) is 10.8 Å². The summed E-state index contributed by atoms with van der Waals surface area (Å²) in [7, 11) is 0. The summed E-state index contributed by atoms with van der Waals surface area (Å²) in [6.45, 7) is 4.03. The lowest BCUT2D eigenvalue weighted by atomic mass is 10.1. The molecule has 2 saturated heterocycles. The van der Waals surface area contributed by atoms with Crippen molar-refractivity contribution in [2.45, 2.75) is 31.7 Å². The SMILES string of the molecule is O=C(Nc1ccc(Cl)c2ccccc12)N1CCC(N2CCCCC2)C1. The van der Waals surface area contributed by atoms with Gasteiger partial charge in [-0.15, -0.1) is 0 Å². The second-order valence-corrected chi connectivity index (χ2v) is 7.46. The molecular formula is C20H24ClN3O. The minimum atomic E-state index is -0.00742. The first-order chi connectivity index (χ1) is 12.2. The fraction of sp³-hybridized carbons (Fsp3) is 0.450. The zero-order valence-corrected chi connectivity index (χ0v) is 15.1. The van der Waals surface area contributed by atoms with Gasteiger partial charge in [-0.2, -0.15) is 0 Å². The third-order valence-corrected chi connectivity index (χ3v) is 5.80. The van der Waals surface area contributed by atoms with Gasteiger partial charge in [-0.3, -0.25) is 4.90 Å². The number of hydrogen-bond donors (Lipinski definition) is 1. The van der Waals surface area contributed by atoms with E-state index in [0.717, 1.165) is 36.0 Å². The number of amides is 2. The Morgan fingerprint density at radius 2 is 1.76 bits per heavy atom. The molecule has 2 aliphatic rings. The number of halogens is 1. The molecule has 0 spiro atoms. The monoisotopic (exact) mass is 357 g/mol. The molecule has 0 aliphatic carbocycles. The van der Waals surface area contributed by atoms with Crippen molar-refractivity contribution in [2.75, 3.05) is 31.5 Å². The number of rotatable bonds is 2. The van der Waals surface area contributed by atoms with Gasteiger partial charge in [0.1, 0.15) is 0 Å². The number of urea groups is 1. The van der Waals surface area contributed by atoms with Crippen LogP contribution in [0.3, 0.4) is 0 Å². The minimum Gasteiger partial charge on any atom is -0.323 e. The molecule has 4 nitrogen and oxygen atoms in total. The van der Waals surface area contributed by atoms with Crippen molar-refractivity contribution < 1.29 is 4.79 Å². The Morgan fingerprint density at radius 1 is 1.00 bits per heavy atom. The molecule has 132 valence electrons. The van der Waals surface area contributed by atoms with E-state index in [2.05, 4.69) is 10.2 Å². The van der Waals surface area contributed by atoms with Gasteiger partial charge in [0.2, 0.25) is 0 Å². The molecule has 2 amide bonds. The van der Waals surface area contributed by atoms with Crippen LogP contribution in [0.2, 0.25) is 5.02 Å². The van der Waals surface area contributed by atoms with E-state index < -0.39 is 0 Å². The first-order valence-electron chi connectivity index (χ1n) is 9.19. The lowest BCUT2D eigenvalue weighted by Gasteiger charge is -2.32. The van der Waals surface area contributed by atoms with E-state index in [9.17, 15) is 4.79 Å². The van der Waals surface area contributed by atoms with E-state index >= 15 is 0 Å². The molecule has 25 heavy (non-hydrogen) atoms. The first kappa shape index (κ1) is 16.7.